The molecule has 0 saturated heterocycles. The third kappa shape index (κ3) is 3.60. The van der Waals surface area contributed by atoms with Crippen LogP contribution in [0.2, 0.25) is 0 Å². The third-order valence-electron chi connectivity index (χ3n) is 3.49. The fourth-order valence-electron chi connectivity index (χ4n) is 2.54. The van der Waals surface area contributed by atoms with Gasteiger partial charge in [-0.3, -0.25) is 0 Å². The fourth-order valence-corrected chi connectivity index (χ4v) is 3.20. The third-order valence-corrected chi connectivity index (χ3v) is 4.39. The monoisotopic (exact) mass is 302 g/mol. The van der Waals surface area contributed by atoms with Crippen molar-refractivity contribution in [1.82, 2.24) is 0 Å². The molecule has 1 N–H and O–H groups in total. The normalized spacial score (nSPS) is 12.2. The van der Waals surface area contributed by atoms with Gasteiger partial charge in [0.05, 0.1) is 7.11 Å². The average molecular weight is 302 g/mol. The first-order valence-electron chi connectivity index (χ1n) is 7.12. The van der Waals surface area contributed by atoms with Crippen molar-refractivity contribution in [3.8, 4) is 5.75 Å². The minimum atomic E-state index is -0.666. The Morgan fingerprint density at radius 2 is 1.81 bits per heavy atom. The molecule has 0 radical (unpaired) electrons. The van der Waals surface area contributed by atoms with E-state index >= 15 is 0 Å². The molecule has 2 nitrogen and oxygen atoms in total. The summed E-state index contributed by atoms with van der Waals surface area (Å²) in [5, 5.41) is 10.7. The number of aryl methyl sites for hydroxylation is 2. The molecule has 1 atom stereocenters. The fraction of sp³-hybridized carbons (Fsp3) is 0.333. The van der Waals surface area contributed by atoms with Crippen molar-refractivity contribution in [2.24, 2.45) is 0 Å². The van der Waals surface area contributed by atoms with Gasteiger partial charge in [0.25, 0.3) is 0 Å². The van der Waals surface area contributed by atoms with Gasteiger partial charge in [-0.2, -0.15) is 0 Å². The molecule has 0 saturated carbocycles. The smallest absolute Gasteiger partial charge is 0.125 e. The van der Waals surface area contributed by atoms with Gasteiger partial charge in [-0.25, -0.2) is 0 Å². The summed E-state index contributed by atoms with van der Waals surface area (Å²) < 4.78 is 5.45. The van der Waals surface area contributed by atoms with Crippen LogP contribution in [-0.2, 0) is 0 Å². The molecule has 0 aliphatic heterocycles. The number of ether oxygens (including phenoxy) is 1. The number of thioether (sulfide) groups is 1. The molecule has 2 rings (SSSR count). The lowest BCUT2D eigenvalue weighted by atomic mass is 9.95. The highest BCUT2D eigenvalue weighted by atomic mass is 32.2. The van der Waals surface area contributed by atoms with E-state index in [9.17, 15) is 5.11 Å². The van der Waals surface area contributed by atoms with E-state index in [2.05, 4.69) is 25.1 Å². The lowest BCUT2D eigenvalue weighted by Crippen LogP contribution is -2.05. The van der Waals surface area contributed by atoms with Crippen LogP contribution in [0.3, 0.4) is 0 Å². The summed E-state index contributed by atoms with van der Waals surface area (Å²) in [5.74, 6) is 1.79. The molecule has 0 aliphatic rings. The Morgan fingerprint density at radius 3 is 2.38 bits per heavy atom. The molecule has 0 heterocycles. The maximum Gasteiger partial charge on any atom is 0.125 e. The highest BCUT2D eigenvalue weighted by molar-refractivity contribution is 7.99. The summed E-state index contributed by atoms with van der Waals surface area (Å²) in [6, 6.07) is 12.1. The molecule has 112 valence electrons. The minimum Gasteiger partial charge on any atom is -0.496 e. The SMILES string of the molecule is CCSc1ccc(C(O)c2c(C)cc(C)cc2OC)cc1. The van der Waals surface area contributed by atoms with Crippen molar-refractivity contribution >= 4 is 11.8 Å². The first-order valence-corrected chi connectivity index (χ1v) is 8.11. The standard InChI is InChI=1S/C18H22O2S/c1-5-21-15-8-6-14(7-9-15)18(19)17-13(3)10-12(2)11-16(17)20-4/h6-11,18-19H,5H2,1-4H3. The van der Waals surface area contributed by atoms with Gasteiger partial charge < -0.3 is 9.84 Å². The van der Waals surface area contributed by atoms with E-state index in [4.69, 9.17) is 4.74 Å². The zero-order chi connectivity index (χ0) is 15.4. The number of rotatable bonds is 5. The van der Waals surface area contributed by atoms with Crippen LogP contribution in [0.1, 0.15) is 35.3 Å². The Hall–Kier alpha value is -1.45. The Morgan fingerprint density at radius 1 is 1.14 bits per heavy atom. The zero-order valence-electron chi connectivity index (χ0n) is 13.0. The van der Waals surface area contributed by atoms with Crippen molar-refractivity contribution in [2.45, 2.75) is 31.8 Å². The molecule has 0 fully saturated rings. The Kier molecular flexibility index (Phi) is 5.32. The highest BCUT2D eigenvalue weighted by Crippen LogP contribution is 2.34. The van der Waals surface area contributed by atoms with E-state index in [1.165, 1.54) is 4.90 Å². The van der Waals surface area contributed by atoms with Crippen molar-refractivity contribution in [1.29, 1.82) is 0 Å². The van der Waals surface area contributed by atoms with Crippen LogP contribution in [0.15, 0.2) is 41.3 Å². The largest absolute Gasteiger partial charge is 0.496 e. The van der Waals surface area contributed by atoms with Gasteiger partial charge in [0.15, 0.2) is 0 Å². The number of hydrogen-bond acceptors (Lipinski definition) is 3. The van der Waals surface area contributed by atoms with E-state index in [-0.39, 0.29) is 0 Å². The second-order valence-electron chi connectivity index (χ2n) is 5.10. The first kappa shape index (κ1) is 15.9. The van der Waals surface area contributed by atoms with Gasteiger partial charge in [-0.1, -0.05) is 25.1 Å². The maximum absolute atomic E-state index is 10.7. The van der Waals surface area contributed by atoms with Gasteiger partial charge in [-0.15, -0.1) is 11.8 Å². The van der Waals surface area contributed by atoms with E-state index < -0.39 is 6.10 Å². The van der Waals surface area contributed by atoms with Crippen molar-refractivity contribution in [2.75, 3.05) is 12.9 Å². The summed E-state index contributed by atoms with van der Waals surface area (Å²) in [6.45, 7) is 6.17. The molecule has 0 amide bonds. The molecule has 1 unspecified atom stereocenters. The summed E-state index contributed by atoms with van der Waals surface area (Å²) in [5.41, 5.74) is 3.92. The van der Waals surface area contributed by atoms with E-state index in [1.807, 2.05) is 32.0 Å². The average Bonchev–Trinajstić information content (AvgIpc) is 2.47. The lowest BCUT2D eigenvalue weighted by Gasteiger charge is -2.19. The van der Waals surface area contributed by atoms with Gasteiger partial charge in [-0.05, 0) is 54.5 Å². The topological polar surface area (TPSA) is 29.5 Å². The van der Waals surface area contributed by atoms with Gasteiger partial charge >= 0.3 is 0 Å². The van der Waals surface area contributed by atoms with E-state index in [1.54, 1.807) is 18.9 Å². The summed E-state index contributed by atoms with van der Waals surface area (Å²) >= 11 is 1.80. The van der Waals surface area contributed by atoms with Crippen LogP contribution < -0.4 is 4.74 Å². The zero-order valence-corrected chi connectivity index (χ0v) is 13.8. The summed E-state index contributed by atoms with van der Waals surface area (Å²) in [7, 11) is 1.64. The molecule has 3 heteroatoms. The number of benzene rings is 2. The summed E-state index contributed by atoms with van der Waals surface area (Å²) in [6.07, 6.45) is -0.666. The highest BCUT2D eigenvalue weighted by Gasteiger charge is 2.18. The van der Waals surface area contributed by atoms with Gasteiger partial charge in [0.2, 0.25) is 0 Å². The number of aliphatic hydroxyl groups excluding tert-OH is 1. The molecule has 0 aromatic heterocycles. The minimum absolute atomic E-state index is 0.666. The second kappa shape index (κ2) is 7.01. The molecular weight excluding hydrogens is 280 g/mol. The molecule has 0 spiro atoms. The van der Waals surface area contributed by atoms with Crippen LogP contribution >= 0.6 is 11.8 Å². The predicted molar refractivity (Wildman–Crippen MR) is 89.4 cm³/mol. The number of aliphatic hydroxyl groups is 1. The Balaban J connectivity index is 2.37. The van der Waals surface area contributed by atoms with Gasteiger partial charge in [0, 0.05) is 10.5 Å². The van der Waals surface area contributed by atoms with Crippen molar-refractivity contribution in [3.05, 3.63) is 58.7 Å². The predicted octanol–water partition coefficient (Wildman–Crippen LogP) is 4.51. The molecule has 2 aromatic carbocycles. The summed E-state index contributed by atoms with van der Waals surface area (Å²) in [4.78, 5) is 1.22. The van der Waals surface area contributed by atoms with E-state index in [0.717, 1.165) is 33.8 Å². The number of methoxy groups -OCH3 is 1. The Labute approximate surface area is 131 Å². The molecule has 0 aliphatic carbocycles. The van der Waals surface area contributed by atoms with Crippen molar-refractivity contribution in [3.63, 3.8) is 0 Å². The lowest BCUT2D eigenvalue weighted by molar-refractivity contribution is 0.214. The van der Waals surface area contributed by atoms with Crippen LogP contribution in [0.5, 0.6) is 5.75 Å². The van der Waals surface area contributed by atoms with E-state index in [0.29, 0.717) is 0 Å². The molecule has 21 heavy (non-hydrogen) atoms. The molecule has 2 aromatic rings. The van der Waals surface area contributed by atoms with Crippen LogP contribution in [0.25, 0.3) is 0 Å². The second-order valence-corrected chi connectivity index (χ2v) is 6.44. The quantitative estimate of drug-likeness (QED) is 0.824. The first-order chi connectivity index (χ1) is 10.1. The number of hydrogen-bond donors (Lipinski definition) is 1. The molecular formula is C18H22O2S. The maximum atomic E-state index is 10.7. The van der Waals surface area contributed by atoms with Crippen LogP contribution in [0.4, 0.5) is 0 Å². The van der Waals surface area contributed by atoms with Gasteiger partial charge in [0.1, 0.15) is 11.9 Å². The Bertz CT molecular complexity index is 605. The van der Waals surface area contributed by atoms with Crippen LogP contribution in [-0.4, -0.2) is 18.0 Å². The van der Waals surface area contributed by atoms with Crippen LogP contribution in [0, 0.1) is 13.8 Å². The van der Waals surface area contributed by atoms with Crippen molar-refractivity contribution < 1.29 is 9.84 Å². The molecule has 0 bridgehead atoms.